The Morgan fingerprint density at radius 1 is 1.39 bits per heavy atom. The number of carbonyl (C=O) groups excluding carboxylic acids is 1. The molecule has 3 atom stereocenters. The van der Waals surface area contributed by atoms with E-state index in [1.807, 2.05) is 20.8 Å². The molecule has 0 radical (unpaired) electrons. The summed E-state index contributed by atoms with van der Waals surface area (Å²) in [5.74, 6) is 1.61. The highest BCUT2D eigenvalue weighted by Gasteiger charge is 2.27. The first-order chi connectivity index (χ1) is 8.31. The van der Waals surface area contributed by atoms with Gasteiger partial charge < -0.3 is 11.1 Å². The molecule has 3 heteroatoms. The molecule has 3 N–H and O–H groups in total. The van der Waals surface area contributed by atoms with Crippen molar-refractivity contribution >= 4 is 5.91 Å². The topological polar surface area (TPSA) is 55.1 Å². The van der Waals surface area contributed by atoms with Crippen LogP contribution in [0.25, 0.3) is 0 Å². The van der Waals surface area contributed by atoms with E-state index in [1.54, 1.807) is 0 Å². The predicted molar refractivity (Wildman–Crippen MR) is 76.2 cm³/mol. The van der Waals surface area contributed by atoms with Crippen molar-refractivity contribution in [2.75, 3.05) is 6.54 Å². The van der Waals surface area contributed by atoms with E-state index in [4.69, 9.17) is 5.73 Å². The first-order valence-corrected chi connectivity index (χ1v) is 7.34. The van der Waals surface area contributed by atoms with Crippen LogP contribution in [0.4, 0.5) is 0 Å². The molecule has 0 aromatic heterocycles. The fraction of sp³-hybridized carbons (Fsp3) is 0.933. The lowest BCUT2D eigenvalue weighted by atomic mass is 9.78. The summed E-state index contributed by atoms with van der Waals surface area (Å²) < 4.78 is 0. The maximum atomic E-state index is 12.2. The van der Waals surface area contributed by atoms with E-state index < -0.39 is 0 Å². The second kappa shape index (κ2) is 6.55. The third-order valence-corrected chi connectivity index (χ3v) is 3.82. The molecule has 18 heavy (non-hydrogen) atoms. The van der Waals surface area contributed by atoms with E-state index in [-0.39, 0.29) is 17.4 Å². The minimum Gasteiger partial charge on any atom is -0.351 e. The van der Waals surface area contributed by atoms with Crippen LogP contribution < -0.4 is 11.1 Å². The Hall–Kier alpha value is -0.570. The molecule has 0 aromatic rings. The fourth-order valence-corrected chi connectivity index (χ4v) is 2.96. The number of hydrogen-bond acceptors (Lipinski definition) is 2. The van der Waals surface area contributed by atoms with E-state index >= 15 is 0 Å². The van der Waals surface area contributed by atoms with Crippen molar-refractivity contribution < 1.29 is 4.79 Å². The van der Waals surface area contributed by atoms with Crippen molar-refractivity contribution in [2.24, 2.45) is 23.5 Å². The summed E-state index contributed by atoms with van der Waals surface area (Å²) in [6.07, 6.45) is 6.15. The van der Waals surface area contributed by atoms with Gasteiger partial charge >= 0.3 is 0 Å². The molecule has 3 nitrogen and oxygen atoms in total. The van der Waals surface area contributed by atoms with Crippen LogP contribution in [0.1, 0.15) is 59.8 Å². The average molecular weight is 254 g/mol. The van der Waals surface area contributed by atoms with Crippen molar-refractivity contribution in [3.05, 3.63) is 0 Å². The van der Waals surface area contributed by atoms with Crippen molar-refractivity contribution in [3.8, 4) is 0 Å². The molecular weight excluding hydrogens is 224 g/mol. The van der Waals surface area contributed by atoms with Gasteiger partial charge in [-0.05, 0) is 45.4 Å². The SMILES string of the molecule is CC1CCCC(CC(CN)C(=O)NC(C)(C)C)C1. The quantitative estimate of drug-likeness (QED) is 0.810. The molecule has 1 aliphatic rings. The van der Waals surface area contributed by atoms with Crippen LogP contribution in [0.2, 0.25) is 0 Å². The third-order valence-electron chi connectivity index (χ3n) is 3.82. The number of rotatable bonds is 4. The summed E-state index contributed by atoms with van der Waals surface area (Å²) in [4.78, 5) is 12.2. The van der Waals surface area contributed by atoms with E-state index in [1.165, 1.54) is 25.7 Å². The Morgan fingerprint density at radius 3 is 2.56 bits per heavy atom. The van der Waals surface area contributed by atoms with Gasteiger partial charge in [0.2, 0.25) is 5.91 Å². The Balaban J connectivity index is 2.48. The van der Waals surface area contributed by atoms with E-state index in [0.29, 0.717) is 12.5 Å². The standard InChI is InChI=1S/C15H30N2O/c1-11-6-5-7-12(8-11)9-13(10-16)14(18)17-15(2,3)4/h11-13H,5-10,16H2,1-4H3,(H,17,18). The summed E-state index contributed by atoms with van der Waals surface area (Å²) in [5.41, 5.74) is 5.62. The van der Waals surface area contributed by atoms with Gasteiger partial charge in [-0.1, -0.05) is 26.2 Å². The van der Waals surface area contributed by atoms with Gasteiger partial charge in [-0.2, -0.15) is 0 Å². The van der Waals surface area contributed by atoms with E-state index in [9.17, 15) is 4.79 Å². The van der Waals surface area contributed by atoms with E-state index in [0.717, 1.165) is 12.3 Å². The smallest absolute Gasteiger partial charge is 0.224 e. The predicted octanol–water partition coefficient (Wildman–Crippen LogP) is 2.69. The Labute approximate surface area is 112 Å². The first-order valence-electron chi connectivity index (χ1n) is 7.34. The maximum Gasteiger partial charge on any atom is 0.224 e. The van der Waals surface area contributed by atoms with Crippen LogP contribution in [0.5, 0.6) is 0 Å². The molecule has 0 aliphatic heterocycles. The lowest BCUT2D eigenvalue weighted by molar-refractivity contribution is -0.126. The van der Waals surface area contributed by atoms with Crippen molar-refractivity contribution in [3.63, 3.8) is 0 Å². The molecule has 0 bridgehead atoms. The molecule has 0 heterocycles. The highest BCUT2D eigenvalue weighted by Crippen LogP contribution is 2.32. The summed E-state index contributed by atoms with van der Waals surface area (Å²) in [6, 6.07) is 0. The van der Waals surface area contributed by atoms with Gasteiger partial charge in [0.1, 0.15) is 0 Å². The van der Waals surface area contributed by atoms with Gasteiger partial charge in [0, 0.05) is 12.1 Å². The Kier molecular flexibility index (Phi) is 5.64. The minimum atomic E-state index is -0.162. The third kappa shape index (κ3) is 5.38. The zero-order valence-corrected chi connectivity index (χ0v) is 12.5. The highest BCUT2D eigenvalue weighted by atomic mass is 16.2. The zero-order valence-electron chi connectivity index (χ0n) is 12.5. The normalized spacial score (nSPS) is 26.7. The number of nitrogens with one attached hydrogen (secondary N) is 1. The van der Waals surface area contributed by atoms with E-state index in [2.05, 4.69) is 12.2 Å². The van der Waals surface area contributed by atoms with Crippen molar-refractivity contribution in [2.45, 2.75) is 65.3 Å². The molecule has 1 amide bonds. The maximum absolute atomic E-state index is 12.2. The molecular formula is C15H30N2O. The minimum absolute atomic E-state index is 0.0143. The monoisotopic (exact) mass is 254 g/mol. The molecule has 1 aliphatic carbocycles. The molecule has 1 saturated carbocycles. The van der Waals surface area contributed by atoms with Gasteiger partial charge in [0.25, 0.3) is 0 Å². The molecule has 0 aromatic carbocycles. The van der Waals surface area contributed by atoms with Crippen molar-refractivity contribution in [1.82, 2.24) is 5.32 Å². The number of hydrogen-bond donors (Lipinski definition) is 2. The van der Waals surface area contributed by atoms with Gasteiger partial charge in [-0.25, -0.2) is 0 Å². The van der Waals surface area contributed by atoms with Gasteiger partial charge in [0.05, 0.1) is 5.92 Å². The average Bonchev–Trinajstić information content (AvgIpc) is 2.23. The Morgan fingerprint density at radius 2 is 2.06 bits per heavy atom. The van der Waals surface area contributed by atoms with Crippen LogP contribution in [0, 0.1) is 17.8 Å². The molecule has 0 spiro atoms. The summed E-state index contributed by atoms with van der Waals surface area (Å²) in [5, 5.41) is 3.05. The zero-order chi connectivity index (χ0) is 13.8. The fourth-order valence-electron chi connectivity index (χ4n) is 2.96. The van der Waals surface area contributed by atoms with Crippen LogP contribution in [0.3, 0.4) is 0 Å². The number of amides is 1. The summed E-state index contributed by atoms with van der Waals surface area (Å²) in [7, 11) is 0. The van der Waals surface area contributed by atoms with Crippen LogP contribution in [-0.2, 0) is 4.79 Å². The van der Waals surface area contributed by atoms with Crippen molar-refractivity contribution in [1.29, 1.82) is 0 Å². The first kappa shape index (κ1) is 15.5. The van der Waals surface area contributed by atoms with Crippen LogP contribution in [0.15, 0.2) is 0 Å². The van der Waals surface area contributed by atoms with Gasteiger partial charge in [0.15, 0.2) is 0 Å². The second-order valence-electron chi connectivity index (χ2n) is 7.05. The van der Waals surface area contributed by atoms with Gasteiger partial charge in [-0.3, -0.25) is 4.79 Å². The number of nitrogens with two attached hydrogens (primary N) is 1. The second-order valence-corrected chi connectivity index (χ2v) is 7.05. The lowest BCUT2D eigenvalue weighted by Gasteiger charge is -2.30. The molecule has 106 valence electrons. The summed E-state index contributed by atoms with van der Waals surface area (Å²) in [6.45, 7) is 8.83. The Bertz CT molecular complexity index is 270. The van der Waals surface area contributed by atoms with Gasteiger partial charge in [-0.15, -0.1) is 0 Å². The molecule has 1 fully saturated rings. The largest absolute Gasteiger partial charge is 0.351 e. The summed E-state index contributed by atoms with van der Waals surface area (Å²) >= 11 is 0. The number of carbonyl (C=O) groups is 1. The molecule has 3 unspecified atom stereocenters. The lowest BCUT2D eigenvalue weighted by Crippen LogP contribution is -2.46. The van der Waals surface area contributed by atoms with Crippen LogP contribution in [-0.4, -0.2) is 18.0 Å². The highest BCUT2D eigenvalue weighted by molar-refractivity contribution is 5.79. The molecule has 1 rings (SSSR count). The van der Waals surface area contributed by atoms with Crippen LogP contribution >= 0.6 is 0 Å². The molecule has 0 saturated heterocycles.